The molecule has 0 aliphatic carbocycles. The molecule has 6 nitrogen and oxygen atoms in total. The Morgan fingerprint density at radius 1 is 1.32 bits per heavy atom. The van der Waals surface area contributed by atoms with Crippen LogP contribution in [0, 0.1) is 0 Å². The zero-order valence-corrected chi connectivity index (χ0v) is 13.7. The molecule has 0 bridgehead atoms. The van der Waals surface area contributed by atoms with Crippen molar-refractivity contribution in [2.45, 2.75) is 18.6 Å². The molecule has 1 aliphatic rings. The van der Waals surface area contributed by atoms with E-state index in [2.05, 4.69) is 4.98 Å². The first kappa shape index (κ1) is 15.9. The number of hydrogen-bond acceptors (Lipinski definition) is 4. The van der Waals surface area contributed by atoms with Crippen LogP contribution in [0.5, 0.6) is 0 Å². The number of furan rings is 1. The van der Waals surface area contributed by atoms with Crippen molar-refractivity contribution in [3.8, 4) is 0 Å². The summed E-state index contributed by atoms with van der Waals surface area (Å²) in [5, 5.41) is 10.5. The van der Waals surface area contributed by atoms with Gasteiger partial charge in [0.25, 0.3) is 5.91 Å². The minimum absolute atomic E-state index is 0.0973. The van der Waals surface area contributed by atoms with Gasteiger partial charge < -0.3 is 24.1 Å². The highest BCUT2D eigenvalue weighted by Gasteiger charge is 2.31. The smallest absolute Gasteiger partial charge is 0.270 e. The van der Waals surface area contributed by atoms with E-state index >= 15 is 0 Å². The van der Waals surface area contributed by atoms with E-state index < -0.39 is 6.10 Å². The van der Waals surface area contributed by atoms with Crippen LogP contribution in [0.25, 0.3) is 11.1 Å². The molecule has 25 heavy (non-hydrogen) atoms. The van der Waals surface area contributed by atoms with Gasteiger partial charge in [-0.25, -0.2) is 0 Å². The van der Waals surface area contributed by atoms with Crippen molar-refractivity contribution in [1.29, 1.82) is 0 Å². The van der Waals surface area contributed by atoms with Crippen molar-refractivity contribution in [2.75, 3.05) is 19.8 Å². The lowest BCUT2D eigenvalue weighted by Crippen LogP contribution is -2.49. The molecule has 1 aromatic carbocycles. The van der Waals surface area contributed by atoms with Crippen LogP contribution < -0.4 is 0 Å². The average Bonchev–Trinajstić information content (AvgIpc) is 3.24. The molecule has 130 valence electrons. The van der Waals surface area contributed by atoms with Gasteiger partial charge in [0.2, 0.25) is 0 Å². The van der Waals surface area contributed by atoms with Gasteiger partial charge in [-0.05, 0) is 5.56 Å². The number of benzene rings is 1. The quantitative estimate of drug-likeness (QED) is 0.765. The van der Waals surface area contributed by atoms with Crippen LogP contribution >= 0.6 is 0 Å². The summed E-state index contributed by atoms with van der Waals surface area (Å²) < 4.78 is 10.9. The summed E-state index contributed by atoms with van der Waals surface area (Å²) >= 11 is 0. The fourth-order valence-corrected chi connectivity index (χ4v) is 3.30. The number of aromatic amines is 1. The van der Waals surface area contributed by atoms with Gasteiger partial charge in [0.15, 0.2) is 5.58 Å². The van der Waals surface area contributed by atoms with E-state index in [1.807, 2.05) is 30.3 Å². The third kappa shape index (κ3) is 3.18. The molecule has 4 rings (SSSR count). The Kier molecular flexibility index (Phi) is 4.29. The Morgan fingerprint density at radius 2 is 2.16 bits per heavy atom. The number of amides is 1. The van der Waals surface area contributed by atoms with Gasteiger partial charge in [-0.2, -0.15) is 0 Å². The molecule has 2 aromatic heterocycles. The number of aromatic nitrogens is 1. The second kappa shape index (κ2) is 6.74. The zero-order chi connectivity index (χ0) is 17.2. The topological polar surface area (TPSA) is 78.7 Å². The molecule has 1 amide bonds. The van der Waals surface area contributed by atoms with E-state index in [0.717, 1.165) is 11.1 Å². The van der Waals surface area contributed by atoms with E-state index in [1.165, 1.54) is 0 Å². The molecule has 0 radical (unpaired) electrons. The first-order chi connectivity index (χ1) is 12.2. The minimum Gasteiger partial charge on any atom is -0.463 e. The lowest BCUT2D eigenvalue weighted by atomic mass is 10.0. The lowest BCUT2D eigenvalue weighted by molar-refractivity contribution is -0.0176. The average molecular weight is 340 g/mol. The van der Waals surface area contributed by atoms with Gasteiger partial charge in [-0.1, -0.05) is 30.3 Å². The maximum atomic E-state index is 12.9. The number of nitrogens with one attached hydrogen (secondary N) is 1. The molecule has 1 fully saturated rings. The van der Waals surface area contributed by atoms with Crippen LogP contribution in [0.15, 0.2) is 53.1 Å². The number of fused-ring (bicyclic) bond motifs is 1. The number of H-pyrrole nitrogens is 1. The second-order valence-corrected chi connectivity index (χ2v) is 6.27. The van der Waals surface area contributed by atoms with Crippen LogP contribution in [-0.4, -0.2) is 46.7 Å². The lowest BCUT2D eigenvalue weighted by Gasteiger charge is -2.36. The maximum absolute atomic E-state index is 12.9. The molecule has 2 N–H and O–H groups in total. The summed E-state index contributed by atoms with van der Waals surface area (Å²) in [6.07, 6.45) is 1.39. The molecule has 0 spiro atoms. The molecule has 2 unspecified atom stereocenters. The molecular weight excluding hydrogens is 320 g/mol. The Hall–Kier alpha value is -2.57. The predicted molar refractivity (Wildman–Crippen MR) is 92.2 cm³/mol. The Balaban J connectivity index is 1.52. The van der Waals surface area contributed by atoms with E-state index in [4.69, 9.17) is 9.15 Å². The fraction of sp³-hybridized carbons (Fsp3) is 0.316. The standard InChI is InChI=1S/C19H20N2O4/c22-17(13-4-2-1-3-5-13)10-14-12-24-9-7-21(14)19(23)16-11-18-15(20-16)6-8-25-18/h1-6,8,11,14,17,20,22H,7,9-10,12H2. The van der Waals surface area contributed by atoms with Crippen LogP contribution in [0.2, 0.25) is 0 Å². The molecular formula is C19H20N2O4. The highest BCUT2D eigenvalue weighted by molar-refractivity contribution is 5.97. The highest BCUT2D eigenvalue weighted by Crippen LogP contribution is 2.25. The van der Waals surface area contributed by atoms with Crippen LogP contribution in [0.4, 0.5) is 0 Å². The van der Waals surface area contributed by atoms with Crippen molar-refractivity contribution in [3.63, 3.8) is 0 Å². The normalized spacial score (nSPS) is 19.2. The monoisotopic (exact) mass is 340 g/mol. The number of aliphatic hydroxyl groups is 1. The molecule has 2 atom stereocenters. The van der Waals surface area contributed by atoms with Gasteiger partial charge >= 0.3 is 0 Å². The van der Waals surface area contributed by atoms with Crippen molar-refractivity contribution in [1.82, 2.24) is 9.88 Å². The van der Waals surface area contributed by atoms with E-state index in [9.17, 15) is 9.90 Å². The van der Waals surface area contributed by atoms with E-state index in [-0.39, 0.29) is 11.9 Å². The number of carbonyl (C=O) groups is 1. The SMILES string of the molecule is O=C(c1cc2occc2[nH]1)N1CCOCC1CC(O)c1ccccc1. The third-order valence-electron chi connectivity index (χ3n) is 4.64. The van der Waals surface area contributed by atoms with Gasteiger partial charge in [0.1, 0.15) is 5.69 Å². The summed E-state index contributed by atoms with van der Waals surface area (Å²) in [7, 11) is 0. The van der Waals surface area contributed by atoms with Crippen molar-refractivity contribution in [3.05, 3.63) is 60.0 Å². The summed E-state index contributed by atoms with van der Waals surface area (Å²) in [6.45, 7) is 1.43. The zero-order valence-electron chi connectivity index (χ0n) is 13.7. The molecule has 1 saturated heterocycles. The first-order valence-corrected chi connectivity index (χ1v) is 8.40. The van der Waals surface area contributed by atoms with E-state index in [1.54, 1.807) is 23.3 Å². The van der Waals surface area contributed by atoms with Crippen molar-refractivity contribution >= 4 is 17.0 Å². The van der Waals surface area contributed by atoms with Crippen LogP contribution in [-0.2, 0) is 4.74 Å². The third-order valence-corrected chi connectivity index (χ3v) is 4.64. The summed E-state index contributed by atoms with van der Waals surface area (Å²) in [4.78, 5) is 17.8. The maximum Gasteiger partial charge on any atom is 0.270 e. The number of rotatable bonds is 4. The van der Waals surface area contributed by atoms with Gasteiger partial charge in [0, 0.05) is 25.1 Å². The van der Waals surface area contributed by atoms with Crippen molar-refractivity contribution in [2.24, 2.45) is 0 Å². The van der Waals surface area contributed by atoms with E-state index in [0.29, 0.717) is 37.5 Å². The molecule has 6 heteroatoms. The number of hydrogen-bond donors (Lipinski definition) is 2. The number of nitrogens with zero attached hydrogens (tertiary/aromatic N) is 1. The van der Waals surface area contributed by atoms with Gasteiger partial charge in [0.05, 0.1) is 37.1 Å². The minimum atomic E-state index is -0.636. The van der Waals surface area contributed by atoms with Gasteiger partial charge in [-0.3, -0.25) is 4.79 Å². The highest BCUT2D eigenvalue weighted by atomic mass is 16.5. The molecule has 1 aliphatic heterocycles. The predicted octanol–water partition coefficient (Wildman–Crippen LogP) is 2.73. The van der Waals surface area contributed by atoms with Gasteiger partial charge in [-0.15, -0.1) is 0 Å². The fourth-order valence-electron chi connectivity index (χ4n) is 3.30. The summed E-state index contributed by atoms with van der Waals surface area (Å²) in [5.74, 6) is -0.0973. The Labute approximate surface area is 145 Å². The summed E-state index contributed by atoms with van der Waals surface area (Å²) in [6, 6.07) is 12.8. The molecule has 0 saturated carbocycles. The summed E-state index contributed by atoms with van der Waals surface area (Å²) in [5.41, 5.74) is 2.81. The van der Waals surface area contributed by atoms with Crippen LogP contribution in [0.3, 0.4) is 0 Å². The van der Waals surface area contributed by atoms with Crippen molar-refractivity contribution < 1.29 is 19.1 Å². The number of ether oxygens (including phenoxy) is 1. The Morgan fingerprint density at radius 3 is 2.96 bits per heavy atom. The largest absolute Gasteiger partial charge is 0.463 e. The first-order valence-electron chi connectivity index (χ1n) is 8.40. The molecule has 3 heterocycles. The number of morpholine rings is 1. The number of aliphatic hydroxyl groups excluding tert-OH is 1. The Bertz CT molecular complexity index is 826. The molecule has 3 aromatic rings. The second-order valence-electron chi connectivity index (χ2n) is 6.27. The number of carbonyl (C=O) groups excluding carboxylic acids is 1. The van der Waals surface area contributed by atoms with Crippen LogP contribution in [0.1, 0.15) is 28.6 Å².